The first-order valence-corrected chi connectivity index (χ1v) is 3.80. The molecule has 0 aliphatic heterocycles. The minimum atomic E-state index is -2.24. The van der Waals surface area contributed by atoms with Crippen molar-refractivity contribution in [1.29, 1.82) is 0 Å². The van der Waals surface area contributed by atoms with E-state index in [2.05, 4.69) is 0 Å². The number of nitrogens with one attached hydrogen (secondary N) is 1. The van der Waals surface area contributed by atoms with Gasteiger partial charge in [0.2, 0.25) is 0 Å². The van der Waals surface area contributed by atoms with Crippen LogP contribution in [0.2, 0.25) is 0 Å². The van der Waals surface area contributed by atoms with Crippen molar-refractivity contribution in [1.82, 2.24) is 4.72 Å². The molecule has 1 unspecified atom stereocenters. The Kier molecular flexibility index (Phi) is 5.42. The van der Waals surface area contributed by atoms with Gasteiger partial charge in [-0.15, -0.1) is 0 Å². The van der Waals surface area contributed by atoms with Gasteiger partial charge in [0.1, 0.15) is 4.49 Å². The molecule has 0 radical (unpaired) electrons. The smallest absolute Gasteiger partial charge is 0.104 e. The molecule has 0 aliphatic carbocycles. The normalized spacial score (nSPS) is 12.8. The Hall–Kier alpha value is 0.390. The fraction of sp³-hybridized carbons (Fsp3) is 0.333. The van der Waals surface area contributed by atoms with E-state index in [-0.39, 0.29) is 11.0 Å². The average molecular weight is 189 g/mol. The highest BCUT2D eigenvalue weighted by atomic mass is 35.5. The molecule has 0 aromatic rings. The molecule has 54 valence electrons. The van der Waals surface area contributed by atoms with Crippen LogP contribution in [0.5, 0.6) is 0 Å². The summed E-state index contributed by atoms with van der Waals surface area (Å²) in [7, 11) is 0. The van der Waals surface area contributed by atoms with Gasteiger partial charge in [0.05, 0.1) is 0 Å². The highest BCUT2D eigenvalue weighted by Gasteiger charge is 1.81. The van der Waals surface area contributed by atoms with E-state index in [0.29, 0.717) is 0 Å². The lowest BCUT2D eigenvalue weighted by molar-refractivity contribution is 0.526. The monoisotopic (exact) mass is 188 g/mol. The first-order valence-electron chi connectivity index (χ1n) is 1.97. The molecule has 0 saturated carbocycles. The maximum Gasteiger partial charge on any atom is 0.104 e. The first kappa shape index (κ1) is 9.39. The Balaban J connectivity index is 3.31. The zero-order valence-corrected chi connectivity index (χ0v) is 6.59. The van der Waals surface area contributed by atoms with E-state index in [0.717, 1.165) is 0 Å². The maximum atomic E-state index is 9.75. The molecule has 3 nitrogen and oxygen atoms in total. The van der Waals surface area contributed by atoms with Crippen molar-refractivity contribution in [3.63, 3.8) is 0 Å². The SMILES string of the molecule is O=S([O-])NCC=C(Cl)Cl. The van der Waals surface area contributed by atoms with Crippen LogP contribution in [0.25, 0.3) is 0 Å². The van der Waals surface area contributed by atoms with Gasteiger partial charge in [0, 0.05) is 17.8 Å². The molecule has 0 spiro atoms. The highest BCUT2D eigenvalue weighted by Crippen LogP contribution is 2.03. The summed E-state index contributed by atoms with van der Waals surface area (Å²) in [5, 5.41) is 0. The van der Waals surface area contributed by atoms with Crippen LogP contribution in [-0.2, 0) is 11.3 Å². The largest absolute Gasteiger partial charge is 0.760 e. The summed E-state index contributed by atoms with van der Waals surface area (Å²) in [6.45, 7) is 0.123. The third kappa shape index (κ3) is 8.39. The second-order valence-electron chi connectivity index (χ2n) is 1.08. The standard InChI is InChI=1S/C3H5Cl2NO2S/c4-3(5)1-2-6-9(7)8/h1,6H,2H2,(H,7,8)/p-1. The van der Waals surface area contributed by atoms with Gasteiger partial charge in [0.15, 0.2) is 0 Å². The van der Waals surface area contributed by atoms with Crippen molar-refractivity contribution >= 4 is 34.5 Å². The Morgan fingerprint density at radius 1 is 1.78 bits per heavy atom. The van der Waals surface area contributed by atoms with Gasteiger partial charge < -0.3 is 4.55 Å². The maximum absolute atomic E-state index is 9.75. The second kappa shape index (κ2) is 5.20. The van der Waals surface area contributed by atoms with Crippen molar-refractivity contribution in [3.8, 4) is 0 Å². The molecule has 0 rings (SSSR count). The quantitative estimate of drug-likeness (QED) is 0.664. The summed E-state index contributed by atoms with van der Waals surface area (Å²) >= 11 is 8.05. The number of halogens is 2. The van der Waals surface area contributed by atoms with Crippen LogP contribution < -0.4 is 4.72 Å². The molecule has 0 aliphatic rings. The molecule has 1 atom stereocenters. The van der Waals surface area contributed by atoms with Gasteiger partial charge in [-0.1, -0.05) is 23.2 Å². The molecule has 0 bridgehead atoms. The molecule has 0 amide bonds. The van der Waals surface area contributed by atoms with Crippen molar-refractivity contribution < 1.29 is 8.76 Å². The van der Waals surface area contributed by atoms with Crippen molar-refractivity contribution in [2.45, 2.75) is 0 Å². The predicted octanol–water partition coefficient (Wildman–Crippen LogP) is 0.689. The zero-order valence-electron chi connectivity index (χ0n) is 4.27. The van der Waals surface area contributed by atoms with Gasteiger partial charge in [0.25, 0.3) is 0 Å². The topological polar surface area (TPSA) is 52.2 Å². The van der Waals surface area contributed by atoms with E-state index in [1.807, 2.05) is 4.72 Å². The van der Waals surface area contributed by atoms with Gasteiger partial charge in [-0.25, -0.2) is 4.72 Å². The summed E-state index contributed by atoms with van der Waals surface area (Å²) in [5.74, 6) is 0. The van der Waals surface area contributed by atoms with E-state index in [4.69, 9.17) is 23.2 Å². The lowest BCUT2D eigenvalue weighted by atomic mass is 10.7. The zero-order chi connectivity index (χ0) is 7.28. The molecule has 0 saturated heterocycles. The average Bonchev–Trinajstić information content (AvgIpc) is 1.63. The van der Waals surface area contributed by atoms with Crippen LogP contribution in [0.4, 0.5) is 0 Å². The van der Waals surface area contributed by atoms with E-state index >= 15 is 0 Å². The van der Waals surface area contributed by atoms with Gasteiger partial charge >= 0.3 is 0 Å². The predicted molar refractivity (Wildman–Crippen MR) is 36.7 cm³/mol. The highest BCUT2D eigenvalue weighted by molar-refractivity contribution is 7.77. The number of rotatable bonds is 3. The molecular weight excluding hydrogens is 185 g/mol. The van der Waals surface area contributed by atoms with Crippen LogP contribution in [0, 0.1) is 0 Å². The summed E-state index contributed by atoms with van der Waals surface area (Å²) < 4.78 is 21.6. The minimum absolute atomic E-state index is 0.0490. The van der Waals surface area contributed by atoms with E-state index < -0.39 is 11.3 Å². The molecule has 0 aromatic carbocycles. The third-order valence-corrected chi connectivity index (χ3v) is 1.17. The van der Waals surface area contributed by atoms with Gasteiger partial charge in [-0.05, 0) is 6.08 Å². The first-order chi connectivity index (χ1) is 4.13. The van der Waals surface area contributed by atoms with Crippen LogP contribution >= 0.6 is 23.2 Å². The number of hydrogen-bond donors (Lipinski definition) is 1. The summed E-state index contributed by atoms with van der Waals surface area (Å²) in [5.41, 5.74) is 0. The van der Waals surface area contributed by atoms with Crippen molar-refractivity contribution in [3.05, 3.63) is 10.6 Å². The van der Waals surface area contributed by atoms with E-state index in [9.17, 15) is 8.76 Å². The third-order valence-electron chi connectivity index (χ3n) is 0.458. The Labute approximate surface area is 65.4 Å². The molecule has 1 N–H and O–H groups in total. The van der Waals surface area contributed by atoms with Crippen LogP contribution in [0.15, 0.2) is 10.6 Å². The van der Waals surface area contributed by atoms with E-state index in [1.54, 1.807) is 0 Å². The van der Waals surface area contributed by atoms with E-state index in [1.165, 1.54) is 6.08 Å². The summed E-state index contributed by atoms with van der Waals surface area (Å²) in [6, 6.07) is 0. The molecule has 9 heavy (non-hydrogen) atoms. The molecular formula is C3H4Cl2NO2S-. The summed E-state index contributed by atoms with van der Waals surface area (Å²) in [4.78, 5) is 0. The Bertz CT molecular complexity index is 134. The van der Waals surface area contributed by atoms with Gasteiger partial charge in [-0.3, -0.25) is 4.21 Å². The lowest BCUT2D eigenvalue weighted by Gasteiger charge is -2.01. The fourth-order valence-electron chi connectivity index (χ4n) is 0.187. The summed E-state index contributed by atoms with van der Waals surface area (Å²) in [6.07, 6.45) is 1.33. The van der Waals surface area contributed by atoms with Crippen molar-refractivity contribution in [2.24, 2.45) is 0 Å². The molecule has 6 heteroatoms. The fourth-order valence-corrected chi connectivity index (χ4v) is 0.561. The molecule has 0 heterocycles. The van der Waals surface area contributed by atoms with Crippen molar-refractivity contribution in [2.75, 3.05) is 6.54 Å². The molecule has 0 fully saturated rings. The second-order valence-corrected chi connectivity index (χ2v) is 2.84. The van der Waals surface area contributed by atoms with Crippen LogP contribution in [0.3, 0.4) is 0 Å². The molecule has 0 aromatic heterocycles. The minimum Gasteiger partial charge on any atom is -0.760 e. The van der Waals surface area contributed by atoms with Crippen LogP contribution in [-0.4, -0.2) is 15.3 Å². The van der Waals surface area contributed by atoms with Gasteiger partial charge in [-0.2, -0.15) is 0 Å². The lowest BCUT2D eigenvalue weighted by Crippen LogP contribution is -2.15. The number of hydrogen-bond acceptors (Lipinski definition) is 2. The Morgan fingerprint density at radius 3 is 2.67 bits per heavy atom. The van der Waals surface area contributed by atoms with Crippen LogP contribution in [0.1, 0.15) is 0 Å². The Morgan fingerprint density at radius 2 is 2.33 bits per heavy atom.